The molecule has 0 bridgehead atoms. The zero-order valence-electron chi connectivity index (χ0n) is 15.4. The molecule has 2 aliphatic carbocycles. The molecule has 3 aliphatic rings. The highest BCUT2D eigenvalue weighted by molar-refractivity contribution is 9.09. The maximum absolute atomic E-state index is 11.1. The molecule has 3 heteroatoms. The predicted octanol–water partition coefficient (Wildman–Crippen LogP) is 5.09. The highest BCUT2D eigenvalue weighted by Gasteiger charge is 2.65. The highest BCUT2D eigenvalue weighted by Crippen LogP contribution is 2.66. The third-order valence-corrected chi connectivity index (χ3v) is 9.25. The van der Waals surface area contributed by atoms with Crippen molar-refractivity contribution >= 4 is 15.9 Å². The zero-order chi connectivity index (χ0) is 17.3. The van der Waals surface area contributed by atoms with E-state index in [9.17, 15) is 5.11 Å². The summed E-state index contributed by atoms with van der Waals surface area (Å²) in [5.74, 6) is 0.832. The first kappa shape index (κ1) is 17.9. The SMILES string of the molecule is C=C[C@@]1(C)CC[C@H]2[C@]3(C)CC[C@@H](Br)C(C)(C)[C@H]3[C@@H](O)C[C@]2(C)O1. The molecule has 1 N–H and O–H groups in total. The Morgan fingerprint density at radius 1 is 1.13 bits per heavy atom. The molecule has 0 aromatic rings. The minimum Gasteiger partial charge on any atom is -0.393 e. The number of hydrogen-bond donors (Lipinski definition) is 1. The van der Waals surface area contributed by atoms with Crippen molar-refractivity contribution in [2.24, 2.45) is 22.7 Å². The van der Waals surface area contributed by atoms with Crippen LogP contribution in [0.15, 0.2) is 12.7 Å². The van der Waals surface area contributed by atoms with Gasteiger partial charge in [0.1, 0.15) is 0 Å². The van der Waals surface area contributed by atoms with E-state index in [1.807, 2.05) is 6.08 Å². The molecule has 0 aromatic heterocycles. The van der Waals surface area contributed by atoms with Crippen LogP contribution in [0.25, 0.3) is 0 Å². The van der Waals surface area contributed by atoms with Crippen LogP contribution in [0.5, 0.6) is 0 Å². The van der Waals surface area contributed by atoms with Gasteiger partial charge in [-0.25, -0.2) is 0 Å². The van der Waals surface area contributed by atoms with Crippen LogP contribution in [0.2, 0.25) is 0 Å². The summed E-state index contributed by atoms with van der Waals surface area (Å²) in [6.45, 7) is 15.4. The van der Waals surface area contributed by atoms with E-state index in [4.69, 9.17) is 4.74 Å². The highest BCUT2D eigenvalue weighted by atomic mass is 79.9. The Balaban J connectivity index is 2.01. The Morgan fingerprint density at radius 2 is 1.78 bits per heavy atom. The van der Waals surface area contributed by atoms with Gasteiger partial charge in [0.05, 0.1) is 17.3 Å². The first-order valence-electron chi connectivity index (χ1n) is 9.14. The summed E-state index contributed by atoms with van der Waals surface area (Å²) in [6, 6.07) is 0. The molecule has 0 radical (unpaired) electrons. The maximum atomic E-state index is 11.1. The minimum absolute atomic E-state index is 0.104. The minimum atomic E-state index is -0.302. The fourth-order valence-corrected chi connectivity index (χ4v) is 7.13. The molecule has 1 saturated heterocycles. The molecule has 0 aromatic carbocycles. The van der Waals surface area contributed by atoms with Crippen LogP contribution in [-0.2, 0) is 4.74 Å². The summed E-state index contributed by atoms with van der Waals surface area (Å²) < 4.78 is 6.60. The van der Waals surface area contributed by atoms with E-state index in [0.717, 1.165) is 12.8 Å². The van der Waals surface area contributed by atoms with E-state index < -0.39 is 0 Å². The largest absolute Gasteiger partial charge is 0.393 e. The van der Waals surface area contributed by atoms with Gasteiger partial charge < -0.3 is 9.84 Å². The normalized spacial score (nSPS) is 55.6. The molecule has 3 rings (SSSR count). The Morgan fingerprint density at radius 3 is 2.39 bits per heavy atom. The second kappa shape index (κ2) is 5.32. The fourth-order valence-electron chi connectivity index (χ4n) is 6.62. The molecule has 2 saturated carbocycles. The number of aliphatic hydroxyl groups excluding tert-OH is 1. The molecule has 2 nitrogen and oxygen atoms in total. The van der Waals surface area contributed by atoms with Gasteiger partial charge in [-0.05, 0) is 62.2 Å². The van der Waals surface area contributed by atoms with Gasteiger partial charge in [-0.15, -0.1) is 6.58 Å². The van der Waals surface area contributed by atoms with Gasteiger partial charge in [0.2, 0.25) is 0 Å². The van der Waals surface area contributed by atoms with Crippen molar-refractivity contribution < 1.29 is 9.84 Å². The fraction of sp³-hybridized carbons (Fsp3) is 0.900. The standard InChI is InChI=1S/C20H33BrO2/c1-7-18(4)10-8-14-19(5)11-9-15(21)17(2,3)16(19)13(22)12-20(14,6)23-18/h7,13-16,22H,1,8-12H2,2-6H3/t13-,14-,15+,16+,18-,19-,20-/m0/s1. The quantitative estimate of drug-likeness (QED) is 0.503. The number of halogens is 1. The van der Waals surface area contributed by atoms with Gasteiger partial charge in [-0.2, -0.15) is 0 Å². The van der Waals surface area contributed by atoms with Crippen LogP contribution in [0.1, 0.15) is 66.7 Å². The predicted molar refractivity (Wildman–Crippen MR) is 98.8 cm³/mol. The summed E-state index contributed by atoms with van der Waals surface area (Å²) >= 11 is 3.90. The van der Waals surface area contributed by atoms with Crippen LogP contribution < -0.4 is 0 Å². The molecule has 0 unspecified atom stereocenters. The van der Waals surface area contributed by atoms with E-state index in [2.05, 4.69) is 57.1 Å². The van der Waals surface area contributed by atoms with Crippen molar-refractivity contribution in [1.29, 1.82) is 0 Å². The molecule has 0 spiro atoms. The average Bonchev–Trinajstić information content (AvgIpc) is 2.41. The lowest BCUT2D eigenvalue weighted by molar-refractivity contribution is -0.276. The number of aliphatic hydroxyl groups is 1. The Kier molecular flexibility index (Phi) is 4.15. The lowest BCUT2D eigenvalue weighted by Crippen LogP contribution is -2.67. The second-order valence-corrected chi connectivity index (χ2v) is 10.7. The summed E-state index contributed by atoms with van der Waals surface area (Å²) in [6.07, 6.45) is 6.94. The van der Waals surface area contributed by atoms with Crippen LogP contribution in [-0.4, -0.2) is 27.2 Å². The second-order valence-electron chi connectivity index (χ2n) is 9.61. The number of fused-ring (bicyclic) bond motifs is 3. The van der Waals surface area contributed by atoms with Gasteiger partial charge in [0, 0.05) is 11.2 Å². The summed E-state index contributed by atoms with van der Waals surface area (Å²) in [5, 5.41) is 11.1. The van der Waals surface area contributed by atoms with Gasteiger partial charge >= 0.3 is 0 Å². The Hall–Kier alpha value is 0.140. The van der Waals surface area contributed by atoms with E-state index in [1.54, 1.807) is 0 Å². The summed E-state index contributed by atoms with van der Waals surface area (Å²) in [5.41, 5.74) is -0.257. The molecule has 132 valence electrons. The summed E-state index contributed by atoms with van der Waals surface area (Å²) in [7, 11) is 0. The van der Waals surface area contributed by atoms with Gasteiger partial charge in [-0.1, -0.05) is 42.8 Å². The van der Waals surface area contributed by atoms with E-state index >= 15 is 0 Å². The third kappa shape index (κ3) is 2.48. The molecule has 7 atom stereocenters. The van der Waals surface area contributed by atoms with Crippen LogP contribution in [0.3, 0.4) is 0 Å². The van der Waals surface area contributed by atoms with Crippen molar-refractivity contribution in [3.05, 3.63) is 12.7 Å². The number of alkyl halides is 1. The van der Waals surface area contributed by atoms with Crippen LogP contribution >= 0.6 is 15.9 Å². The molecule has 0 amide bonds. The maximum Gasteiger partial charge on any atom is 0.0839 e. The molecular weight excluding hydrogens is 352 g/mol. The van der Waals surface area contributed by atoms with Crippen LogP contribution in [0, 0.1) is 22.7 Å². The molecular formula is C20H33BrO2. The van der Waals surface area contributed by atoms with E-state index in [1.165, 1.54) is 19.3 Å². The summed E-state index contributed by atoms with van der Waals surface area (Å²) in [4.78, 5) is 0.482. The third-order valence-electron chi connectivity index (χ3n) is 7.62. The van der Waals surface area contributed by atoms with Gasteiger partial charge in [-0.3, -0.25) is 0 Å². The van der Waals surface area contributed by atoms with Crippen LogP contribution in [0.4, 0.5) is 0 Å². The number of rotatable bonds is 1. The first-order chi connectivity index (χ1) is 10.5. The van der Waals surface area contributed by atoms with Crippen molar-refractivity contribution in [3.8, 4) is 0 Å². The molecule has 1 heterocycles. The topological polar surface area (TPSA) is 29.5 Å². The van der Waals surface area contributed by atoms with Gasteiger partial charge in [0.25, 0.3) is 0 Å². The van der Waals surface area contributed by atoms with Gasteiger partial charge in [0.15, 0.2) is 0 Å². The average molecular weight is 385 g/mol. The lowest BCUT2D eigenvalue weighted by atomic mass is 9.43. The Labute approximate surface area is 150 Å². The van der Waals surface area contributed by atoms with Crippen molar-refractivity contribution in [2.45, 2.75) is 88.9 Å². The van der Waals surface area contributed by atoms with Crippen molar-refractivity contribution in [3.63, 3.8) is 0 Å². The monoisotopic (exact) mass is 384 g/mol. The van der Waals surface area contributed by atoms with Crippen molar-refractivity contribution in [1.82, 2.24) is 0 Å². The van der Waals surface area contributed by atoms with E-state index in [0.29, 0.717) is 16.7 Å². The lowest BCUT2D eigenvalue weighted by Gasteiger charge is -2.67. The van der Waals surface area contributed by atoms with Crippen molar-refractivity contribution in [2.75, 3.05) is 0 Å². The Bertz CT molecular complexity index is 504. The zero-order valence-corrected chi connectivity index (χ0v) is 16.9. The number of hydrogen-bond acceptors (Lipinski definition) is 2. The smallest absolute Gasteiger partial charge is 0.0839 e. The first-order valence-corrected chi connectivity index (χ1v) is 10.1. The number of ether oxygens (including phenoxy) is 1. The molecule has 3 fully saturated rings. The van der Waals surface area contributed by atoms with E-state index in [-0.39, 0.29) is 28.1 Å². The molecule has 23 heavy (non-hydrogen) atoms. The molecule has 1 aliphatic heterocycles.